The molecule has 2 aromatic heterocycles. The first-order chi connectivity index (χ1) is 12.6. The van der Waals surface area contributed by atoms with Crippen LogP contribution in [0.4, 0.5) is 0 Å². The van der Waals surface area contributed by atoms with Gasteiger partial charge in [0, 0.05) is 43.4 Å². The molecule has 3 heterocycles. The second-order valence-electron chi connectivity index (χ2n) is 6.75. The molecule has 0 atom stereocenters. The van der Waals surface area contributed by atoms with Gasteiger partial charge in [-0.3, -0.25) is 9.48 Å². The minimum Gasteiger partial charge on any atom is -0.361 e. The Bertz CT molecular complexity index is 936. The summed E-state index contributed by atoms with van der Waals surface area (Å²) in [5.74, 6) is 0.587. The van der Waals surface area contributed by atoms with Crippen LogP contribution in [0, 0.1) is 13.8 Å². The summed E-state index contributed by atoms with van der Waals surface area (Å²) in [6.45, 7) is 4.94. The van der Waals surface area contributed by atoms with E-state index < -0.39 is 0 Å². The lowest BCUT2D eigenvalue weighted by Crippen LogP contribution is -2.34. The third-order valence-corrected chi connectivity index (χ3v) is 5.11. The molecule has 0 saturated heterocycles. The first kappa shape index (κ1) is 16.6. The second kappa shape index (κ2) is 6.44. The van der Waals surface area contributed by atoms with E-state index in [-0.39, 0.29) is 5.91 Å². The van der Waals surface area contributed by atoms with Gasteiger partial charge < -0.3 is 9.42 Å². The summed E-state index contributed by atoms with van der Waals surface area (Å²) >= 11 is 0. The van der Waals surface area contributed by atoms with E-state index in [9.17, 15) is 4.79 Å². The maximum Gasteiger partial charge on any atom is 0.259 e. The van der Waals surface area contributed by atoms with Gasteiger partial charge in [0.25, 0.3) is 5.91 Å². The van der Waals surface area contributed by atoms with Crippen LogP contribution in [0.1, 0.15) is 33.1 Å². The number of carbonyl (C=O) groups is 1. The predicted octanol–water partition coefficient (Wildman–Crippen LogP) is 2.93. The summed E-state index contributed by atoms with van der Waals surface area (Å²) in [4.78, 5) is 14.9. The molecule has 1 aliphatic rings. The van der Waals surface area contributed by atoms with E-state index >= 15 is 0 Å². The third-order valence-electron chi connectivity index (χ3n) is 5.11. The van der Waals surface area contributed by atoms with E-state index in [1.807, 2.05) is 41.8 Å². The lowest BCUT2D eigenvalue weighted by Gasteiger charge is -2.20. The zero-order chi connectivity index (χ0) is 18.3. The molecule has 0 aliphatic carbocycles. The number of rotatable bonds is 2. The molecular weight excluding hydrogens is 328 g/mol. The zero-order valence-electron chi connectivity index (χ0n) is 15.3. The maximum atomic E-state index is 13.0. The minimum absolute atomic E-state index is 0.00303. The number of hydrogen-bond acceptors (Lipinski definition) is 4. The van der Waals surface area contributed by atoms with Gasteiger partial charge >= 0.3 is 0 Å². The van der Waals surface area contributed by atoms with Gasteiger partial charge in [-0.1, -0.05) is 35.5 Å². The normalized spacial score (nSPS) is 14.2. The Morgan fingerprint density at radius 2 is 1.85 bits per heavy atom. The molecule has 4 rings (SSSR count). The van der Waals surface area contributed by atoms with E-state index in [1.54, 1.807) is 6.92 Å². The Hall–Kier alpha value is -2.89. The van der Waals surface area contributed by atoms with Gasteiger partial charge in [0.2, 0.25) is 0 Å². The zero-order valence-corrected chi connectivity index (χ0v) is 15.3. The quantitative estimate of drug-likeness (QED) is 0.713. The number of aryl methyl sites for hydroxylation is 3. The highest BCUT2D eigenvalue weighted by atomic mass is 16.5. The van der Waals surface area contributed by atoms with Gasteiger partial charge in [-0.2, -0.15) is 5.10 Å². The molecule has 1 amide bonds. The number of benzene rings is 1. The number of fused-ring (bicyclic) bond motifs is 1. The molecule has 1 aromatic carbocycles. The fraction of sp³-hybridized carbons (Fsp3) is 0.350. The molecule has 0 radical (unpaired) electrons. The summed E-state index contributed by atoms with van der Waals surface area (Å²) in [6, 6.07) is 10.2. The van der Waals surface area contributed by atoms with Crippen molar-refractivity contribution in [3.05, 3.63) is 58.6 Å². The molecule has 6 heteroatoms. The highest BCUT2D eigenvalue weighted by Crippen LogP contribution is 2.28. The van der Waals surface area contributed by atoms with Crippen LogP contribution in [-0.2, 0) is 19.9 Å². The van der Waals surface area contributed by atoms with E-state index in [4.69, 9.17) is 9.62 Å². The number of nitrogens with zero attached hydrogens (tertiary/aromatic N) is 4. The lowest BCUT2D eigenvalue weighted by molar-refractivity contribution is 0.0760. The minimum atomic E-state index is 0.00303. The SMILES string of the molecule is Cc1noc(C)c1C(=O)N1CCc2c(-c3ccccc3)nn(C)c2CC1. The Balaban J connectivity index is 1.63. The van der Waals surface area contributed by atoms with Crippen molar-refractivity contribution >= 4 is 5.91 Å². The second-order valence-corrected chi connectivity index (χ2v) is 6.75. The number of aromatic nitrogens is 3. The molecule has 0 fully saturated rings. The van der Waals surface area contributed by atoms with E-state index in [0.29, 0.717) is 30.1 Å². The van der Waals surface area contributed by atoms with Crippen molar-refractivity contribution in [3.63, 3.8) is 0 Å². The smallest absolute Gasteiger partial charge is 0.259 e. The molecule has 1 aliphatic heterocycles. The van der Waals surface area contributed by atoms with Gasteiger partial charge in [-0.05, 0) is 20.3 Å². The largest absolute Gasteiger partial charge is 0.361 e. The molecule has 0 bridgehead atoms. The Morgan fingerprint density at radius 3 is 2.54 bits per heavy atom. The van der Waals surface area contributed by atoms with Crippen LogP contribution in [0.25, 0.3) is 11.3 Å². The predicted molar refractivity (Wildman–Crippen MR) is 97.9 cm³/mol. The van der Waals surface area contributed by atoms with Crippen LogP contribution < -0.4 is 0 Å². The van der Waals surface area contributed by atoms with Crippen molar-refractivity contribution in [2.45, 2.75) is 26.7 Å². The number of carbonyl (C=O) groups excluding carboxylic acids is 1. The summed E-state index contributed by atoms with van der Waals surface area (Å²) < 4.78 is 7.13. The van der Waals surface area contributed by atoms with Crippen molar-refractivity contribution in [2.75, 3.05) is 13.1 Å². The number of hydrogen-bond donors (Lipinski definition) is 0. The van der Waals surface area contributed by atoms with E-state index in [1.165, 1.54) is 11.3 Å². The van der Waals surface area contributed by atoms with Crippen LogP contribution >= 0.6 is 0 Å². The molecule has 0 saturated carbocycles. The van der Waals surface area contributed by atoms with E-state index in [0.717, 1.165) is 24.1 Å². The molecule has 6 nitrogen and oxygen atoms in total. The van der Waals surface area contributed by atoms with Crippen LogP contribution in [0.15, 0.2) is 34.9 Å². The Labute approximate surface area is 152 Å². The molecule has 3 aromatic rings. The van der Waals surface area contributed by atoms with Gasteiger partial charge in [0.1, 0.15) is 11.3 Å². The average Bonchev–Trinajstić information content (AvgIpc) is 3.04. The van der Waals surface area contributed by atoms with Gasteiger partial charge in [0.15, 0.2) is 0 Å². The first-order valence-electron chi connectivity index (χ1n) is 8.88. The molecule has 0 spiro atoms. The summed E-state index contributed by atoms with van der Waals surface area (Å²) in [5, 5.41) is 8.66. The van der Waals surface area contributed by atoms with Gasteiger partial charge in [-0.15, -0.1) is 0 Å². The topological polar surface area (TPSA) is 64.2 Å². The Kier molecular flexibility index (Phi) is 4.11. The van der Waals surface area contributed by atoms with Crippen molar-refractivity contribution < 1.29 is 9.32 Å². The van der Waals surface area contributed by atoms with Crippen molar-refractivity contribution in [2.24, 2.45) is 7.05 Å². The molecule has 26 heavy (non-hydrogen) atoms. The van der Waals surface area contributed by atoms with Crippen LogP contribution in [0.5, 0.6) is 0 Å². The highest BCUT2D eigenvalue weighted by molar-refractivity contribution is 5.96. The molecule has 134 valence electrons. The van der Waals surface area contributed by atoms with Crippen LogP contribution in [0.2, 0.25) is 0 Å². The van der Waals surface area contributed by atoms with Gasteiger partial charge in [-0.25, -0.2) is 0 Å². The highest BCUT2D eigenvalue weighted by Gasteiger charge is 2.27. The standard InChI is InChI=1S/C20H22N4O2/c1-13-18(14(2)26-22-13)20(25)24-11-9-16-17(10-12-24)23(3)21-19(16)15-7-5-4-6-8-15/h4-8H,9-12H2,1-3H3. The first-order valence-corrected chi connectivity index (χ1v) is 8.88. The van der Waals surface area contributed by atoms with Gasteiger partial charge in [0.05, 0.1) is 11.4 Å². The molecule has 0 N–H and O–H groups in total. The summed E-state index contributed by atoms with van der Waals surface area (Å²) in [7, 11) is 1.98. The average molecular weight is 350 g/mol. The maximum absolute atomic E-state index is 13.0. The Morgan fingerprint density at radius 1 is 1.12 bits per heavy atom. The lowest BCUT2D eigenvalue weighted by atomic mass is 10.0. The third kappa shape index (κ3) is 2.71. The van der Waals surface area contributed by atoms with Crippen molar-refractivity contribution in [1.29, 1.82) is 0 Å². The van der Waals surface area contributed by atoms with Crippen molar-refractivity contribution in [3.8, 4) is 11.3 Å². The summed E-state index contributed by atoms with van der Waals surface area (Å²) in [5.41, 5.74) is 5.84. The van der Waals surface area contributed by atoms with Crippen molar-refractivity contribution in [1.82, 2.24) is 19.8 Å². The monoisotopic (exact) mass is 350 g/mol. The summed E-state index contributed by atoms with van der Waals surface area (Å²) in [6.07, 6.45) is 1.59. The fourth-order valence-electron chi connectivity index (χ4n) is 3.76. The molecule has 0 unspecified atom stereocenters. The number of amides is 1. The van der Waals surface area contributed by atoms with Crippen LogP contribution in [-0.4, -0.2) is 38.8 Å². The molecular formula is C20H22N4O2. The van der Waals surface area contributed by atoms with E-state index in [2.05, 4.69) is 17.3 Å². The van der Waals surface area contributed by atoms with Crippen LogP contribution in [0.3, 0.4) is 0 Å². The fourth-order valence-corrected chi connectivity index (χ4v) is 3.76.